The fourth-order valence-electron chi connectivity index (χ4n) is 3.58. The highest BCUT2D eigenvalue weighted by Gasteiger charge is 2.21. The van der Waals surface area contributed by atoms with Crippen molar-refractivity contribution in [3.05, 3.63) is 72.2 Å². The second-order valence-corrected chi connectivity index (χ2v) is 8.73. The van der Waals surface area contributed by atoms with Gasteiger partial charge in [-0.05, 0) is 49.2 Å². The maximum Gasteiger partial charge on any atom is 0.258 e. The molecule has 32 heavy (non-hydrogen) atoms. The van der Waals surface area contributed by atoms with E-state index in [2.05, 4.69) is 20.6 Å². The number of pyridine rings is 2. The number of ether oxygens (including phenoxy) is 1. The van der Waals surface area contributed by atoms with Crippen LogP contribution < -0.4 is 15.4 Å². The van der Waals surface area contributed by atoms with Crippen LogP contribution in [0.2, 0.25) is 0 Å². The highest BCUT2D eigenvalue weighted by atomic mass is 32.2. The zero-order valence-corrected chi connectivity index (χ0v) is 18.5. The van der Waals surface area contributed by atoms with Gasteiger partial charge in [-0.2, -0.15) is 0 Å². The van der Waals surface area contributed by atoms with E-state index in [1.165, 1.54) is 26.1 Å². The number of methoxy groups -OCH3 is 1. The van der Waals surface area contributed by atoms with E-state index in [4.69, 9.17) is 4.74 Å². The van der Waals surface area contributed by atoms with E-state index in [-0.39, 0.29) is 11.8 Å². The number of carbonyl (C=O) groups excluding carboxylic acids is 2. The molecule has 1 aliphatic rings. The smallest absolute Gasteiger partial charge is 0.258 e. The van der Waals surface area contributed by atoms with Crippen LogP contribution in [0.3, 0.4) is 0 Å². The van der Waals surface area contributed by atoms with E-state index in [9.17, 15) is 9.59 Å². The predicted molar refractivity (Wildman–Crippen MR) is 125 cm³/mol. The van der Waals surface area contributed by atoms with Gasteiger partial charge in [-0.3, -0.25) is 14.6 Å². The first-order valence-corrected chi connectivity index (χ1v) is 11.3. The molecule has 0 bridgehead atoms. The molecule has 8 heteroatoms. The Morgan fingerprint density at radius 2 is 1.84 bits per heavy atom. The molecule has 1 saturated carbocycles. The molecule has 1 fully saturated rings. The maximum atomic E-state index is 13.0. The zero-order chi connectivity index (χ0) is 22.3. The third-order valence-corrected chi connectivity index (χ3v) is 6.58. The number of aromatic nitrogens is 2. The minimum atomic E-state index is -0.294. The lowest BCUT2D eigenvalue weighted by atomic mass is 10.2. The molecule has 4 rings (SSSR count). The van der Waals surface area contributed by atoms with Crippen LogP contribution in [-0.2, 0) is 0 Å². The number of thioether (sulfide) groups is 1. The van der Waals surface area contributed by atoms with Crippen LogP contribution in [0.4, 0.5) is 11.4 Å². The number of carbonyl (C=O) groups is 2. The van der Waals surface area contributed by atoms with Gasteiger partial charge in [-0.1, -0.05) is 12.8 Å². The van der Waals surface area contributed by atoms with E-state index in [0.29, 0.717) is 33.5 Å². The number of benzene rings is 1. The summed E-state index contributed by atoms with van der Waals surface area (Å²) in [6.07, 6.45) is 9.60. The molecule has 2 amide bonds. The van der Waals surface area contributed by atoms with E-state index < -0.39 is 0 Å². The van der Waals surface area contributed by atoms with Gasteiger partial charge in [0.15, 0.2) is 0 Å². The van der Waals surface area contributed by atoms with E-state index >= 15 is 0 Å². The fourth-order valence-corrected chi connectivity index (χ4v) is 4.88. The van der Waals surface area contributed by atoms with Crippen molar-refractivity contribution in [2.24, 2.45) is 0 Å². The number of anilines is 2. The van der Waals surface area contributed by atoms with Crippen LogP contribution in [0.25, 0.3) is 0 Å². The third-order valence-electron chi connectivity index (χ3n) is 5.23. The first-order valence-electron chi connectivity index (χ1n) is 10.5. The summed E-state index contributed by atoms with van der Waals surface area (Å²) in [4.78, 5) is 33.8. The Bertz CT molecular complexity index is 1100. The molecule has 0 radical (unpaired) electrons. The summed E-state index contributed by atoms with van der Waals surface area (Å²) in [5.74, 6) is -0.0864. The van der Waals surface area contributed by atoms with Gasteiger partial charge in [0.1, 0.15) is 10.8 Å². The summed E-state index contributed by atoms with van der Waals surface area (Å²) in [5, 5.41) is 6.99. The fraction of sp³-hybridized carbons (Fsp3) is 0.250. The number of nitrogens with one attached hydrogen (secondary N) is 2. The first-order chi connectivity index (χ1) is 15.6. The lowest BCUT2D eigenvalue weighted by molar-refractivity contribution is 0.101. The molecular weight excluding hydrogens is 424 g/mol. The molecule has 164 valence electrons. The van der Waals surface area contributed by atoms with Gasteiger partial charge in [0.05, 0.1) is 23.9 Å². The monoisotopic (exact) mass is 448 g/mol. The normalized spacial score (nSPS) is 13.5. The SMILES string of the molecule is COc1cc(NC(=O)c2cccnc2SC2CCCC2)ccc1NC(=O)c1cccnc1. The van der Waals surface area contributed by atoms with Crippen LogP contribution in [0.5, 0.6) is 5.75 Å². The Kier molecular flexibility index (Phi) is 7.01. The summed E-state index contributed by atoms with van der Waals surface area (Å²) in [5.41, 5.74) is 2.05. The summed E-state index contributed by atoms with van der Waals surface area (Å²) in [6, 6.07) is 12.0. The summed E-state index contributed by atoms with van der Waals surface area (Å²) < 4.78 is 5.42. The zero-order valence-electron chi connectivity index (χ0n) is 17.7. The van der Waals surface area contributed by atoms with Crippen molar-refractivity contribution in [3.63, 3.8) is 0 Å². The predicted octanol–water partition coefficient (Wildman–Crippen LogP) is 5.02. The van der Waals surface area contributed by atoms with Crippen molar-refractivity contribution in [2.75, 3.05) is 17.7 Å². The van der Waals surface area contributed by atoms with Crippen molar-refractivity contribution in [2.45, 2.75) is 36.0 Å². The maximum absolute atomic E-state index is 13.0. The Morgan fingerprint density at radius 3 is 2.59 bits per heavy atom. The Morgan fingerprint density at radius 1 is 1.03 bits per heavy atom. The molecule has 0 unspecified atom stereocenters. The van der Waals surface area contributed by atoms with Crippen molar-refractivity contribution in [1.82, 2.24) is 9.97 Å². The number of hydrogen-bond acceptors (Lipinski definition) is 6. The van der Waals surface area contributed by atoms with E-state index in [1.807, 2.05) is 0 Å². The number of hydrogen-bond donors (Lipinski definition) is 2. The van der Waals surface area contributed by atoms with Crippen LogP contribution in [-0.4, -0.2) is 34.1 Å². The minimum absolute atomic E-state index is 0.229. The van der Waals surface area contributed by atoms with Gasteiger partial charge in [-0.15, -0.1) is 11.8 Å². The molecule has 1 aliphatic carbocycles. The van der Waals surface area contributed by atoms with Crippen molar-refractivity contribution in [3.8, 4) is 5.75 Å². The molecule has 1 aromatic carbocycles. The van der Waals surface area contributed by atoms with Crippen LogP contribution in [0.1, 0.15) is 46.4 Å². The summed E-state index contributed by atoms with van der Waals surface area (Å²) in [6.45, 7) is 0. The molecule has 0 aliphatic heterocycles. The van der Waals surface area contributed by atoms with E-state index in [0.717, 1.165) is 17.9 Å². The lowest BCUT2D eigenvalue weighted by Crippen LogP contribution is -2.15. The van der Waals surface area contributed by atoms with Gasteiger partial charge in [0, 0.05) is 35.6 Å². The van der Waals surface area contributed by atoms with Crippen LogP contribution >= 0.6 is 11.8 Å². The average molecular weight is 449 g/mol. The average Bonchev–Trinajstić information content (AvgIpc) is 3.34. The molecule has 0 atom stereocenters. The van der Waals surface area contributed by atoms with Gasteiger partial charge in [0.2, 0.25) is 0 Å². The highest BCUT2D eigenvalue weighted by molar-refractivity contribution is 7.99. The van der Waals surface area contributed by atoms with Crippen LogP contribution in [0.15, 0.2) is 66.1 Å². The largest absolute Gasteiger partial charge is 0.494 e. The third kappa shape index (κ3) is 5.26. The molecule has 7 nitrogen and oxygen atoms in total. The Balaban J connectivity index is 1.48. The second-order valence-electron chi connectivity index (χ2n) is 7.45. The quantitative estimate of drug-likeness (QED) is 0.527. The van der Waals surface area contributed by atoms with Gasteiger partial charge in [-0.25, -0.2) is 4.98 Å². The summed E-state index contributed by atoms with van der Waals surface area (Å²) in [7, 11) is 1.51. The van der Waals surface area contributed by atoms with Crippen LogP contribution in [0, 0.1) is 0 Å². The molecule has 3 aromatic rings. The molecule has 0 saturated heterocycles. The van der Waals surface area contributed by atoms with Gasteiger partial charge in [0.25, 0.3) is 11.8 Å². The molecule has 2 aromatic heterocycles. The topological polar surface area (TPSA) is 93.2 Å². The van der Waals surface area contributed by atoms with Gasteiger partial charge >= 0.3 is 0 Å². The molecule has 0 spiro atoms. The minimum Gasteiger partial charge on any atom is -0.494 e. The number of amides is 2. The van der Waals surface area contributed by atoms with Crippen molar-refractivity contribution < 1.29 is 14.3 Å². The first kappa shape index (κ1) is 21.8. The standard InChI is InChI=1S/C24H24N4O3S/c1-31-21-14-17(10-11-20(21)28-22(29)16-6-4-12-25-15-16)27-23(30)19-9-5-13-26-24(19)32-18-7-2-3-8-18/h4-6,9-15,18H,2-3,7-8H2,1H3,(H,27,30)(H,28,29). The summed E-state index contributed by atoms with van der Waals surface area (Å²) >= 11 is 1.68. The van der Waals surface area contributed by atoms with Crippen molar-refractivity contribution in [1.29, 1.82) is 0 Å². The second kappa shape index (κ2) is 10.3. The molecular formula is C24H24N4O3S. The Hall–Kier alpha value is -3.39. The van der Waals surface area contributed by atoms with Crippen molar-refractivity contribution >= 4 is 35.0 Å². The van der Waals surface area contributed by atoms with Gasteiger partial charge < -0.3 is 15.4 Å². The highest BCUT2D eigenvalue weighted by Crippen LogP contribution is 2.35. The lowest BCUT2D eigenvalue weighted by Gasteiger charge is -2.14. The van der Waals surface area contributed by atoms with E-state index in [1.54, 1.807) is 66.6 Å². The molecule has 2 N–H and O–H groups in total. The molecule has 2 heterocycles. The Labute approximate surface area is 191 Å². The number of rotatable bonds is 7. The number of nitrogens with zero attached hydrogens (tertiary/aromatic N) is 2.